The van der Waals surface area contributed by atoms with E-state index in [0.717, 1.165) is 18.7 Å². The van der Waals surface area contributed by atoms with Crippen LogP contribution in [-0.4, -0.2) is 58.7 Å². The molecule has 0 atom stereocenters. The lowest BCUT2D eigenvalue weighted by atomic mass is 10.1. The second-order valence-corrected chi connectivity index (χ2v) is 9.16. The summed E-state index contributed by atoms with van der Waals surface area (Å²) in [5.74, 6) is 0.865. The van der Waals surface area contributed by atoms with Crippen LogP contribution in [0.15, 0.2) is 89.9 Å². The maximum absolute atomic E-state index is 13.6. The lowest BCUT2D eigenvalue weighted by molar-refractivity contribution is 0.0664. The molecule has 37 heavy (non-hydrogen) atoms. The van der Waals surface area contributed by atoms with E-state index in [1.165, 1.54) is 10.9 Å². The van der Waals surface area contributed by atoms with Gasteiger partial charge in [-0.1, -0.05) is 36.4 Å². The summed E-state index contributed by atoms with van der Waals surface area (Å²) in [6.45, 7) is 5.04. The largest absolute Gasteiger partial charge is 0.453 e. The number of nitrogens with one attached hydrogen (secondary N) is 1. The number of carbonyl (C=O) groups excluding carboxylic acids is 1. The van der Waals surface area contributed by atoms with Gasteiger partial charge in [0.2, 0.25) is 0 Å². The van der Waals surface area contributed by atoms with Crippen LogP contribution in [0.25, 0.3) is 5.69 Å². The fourth-order valence-electron chi connectivity index (χ4n) is 4.26. The molecule has 0 unspecified atom stereocenters. The van der Waals surface area contributed by atoms with Crippen LogP contribution in [0, 0.1) is 6.92 Å². The van der Waals surface area contributed by atoms with Gasteiger partial charge in [0.1, 0.15) is 5.75 Å². The molecule has 1 fully saturated rings. The molecule has 1 N–H and O–H groups in total. The SMILES string of the molecule is Cc1cccc(Oc2cnn(-c3ccccc3)c(=O)c2Nc2cccc(C(=O)N3CCN(C)CC3)c2)c1. The molecule has 3 aromatic carbocycles. The number of hydrogen-bond donors (Lipinski definition) is 1. The zero-order chi connectivity index (χ0) is 25.8. The summed E-state index contributed by atoms with van der Waals surface area (Å²) in [6, 6.07) is 24.0. The number of rotatable bonds is 6. The Hall–Kier alpha value is -4.43. The molecule has 0 radical (unpaired) electrons. The van der Waals surface area contributed by atoms with E-state index < -0.39 is 0 Å². The Balaban J connectivity index is 1.50. The van der Waals surface area contributed by atoms with Crippen molar-refractivity contribution < 1.29 is 9.53 Å². The predicted molar refractivity (Wildman–Crippen MR) is 144 cm³/mol. The molecule has 0 bridgehead atoms. The van der Waals surface area contributed by atoms with Crippen LogP contribution >= 0.6 is 0 Å². The zero-order valence-electron chi connectivity index (χ0n) is 20.9. The number of hydrogen-bond acceptors (Lipinski definition) is 6. The first-order valence-electron chi connectivity index (χ1n) is 12.2. The van der Waals surface area contributed by atoms with Crippen LogP contribution in [0.2, 0.25) is 0 Å². The van der Waals surface area contributed by atoms with Gasteiger partial charge in [-0.05, 0) is 62.0 Å². The van der Waals surface area contributed by atoms with E-state index in [0.29, 0.717) is 41.5 Å². The van der Waals surface area contributed by atoms with Crippen molar-refractivity contribution in [1.29, 1.82) is 0 Å². The average molecular weight is 496 g/mol. The number of anilines is 2. The monoisotopic (exact) mass is 495 g/mol. The van der Waals surface area contributed by atoms with Gasteiger partial charge in [0, 0.05) is 37.4 Å². The Kier molecular flexibility index (Phi) is 7.00. The molecule has 0 aliphatic carbocycles. The number of piperazine rings is 1. The van der Waals surface area contributed by atoms with Gasteiger partial charge in [-0.25, -0.2) is 0 Å². The van der Waals surface area contributed by atoms with E-state index in [4.69, 9.17) is 4.74 Å². The number of ether oxygens (including phenoxy) is 1. The summed E-state index contributed by atoms with van der Waals surface area (Å²) in [6.07, 6.45) is 1.53. The normalized spacial score (nSPS) is 13.8. The van der Waals surface area contributed by atoms with Gasteiger partial charge in [0.05, 0.1) is 11.9 Å². The fourth-order valence-corrected chi connectivity index (χ4v) is 4.26. The highest BCUT2D eigenvalue weighted by Gasteiger charge is 2.21. The predicted octanol–water partition coefficient (Wildman–Crippen LogP) is 4.46. The minimum atomic E-state index is -0.368. The number of nitrogens with zero attached hydrogens (tertiary/aromatic N) is 4. The lowest BCUT2D eigenvalue weighted by Gasteiger charge is -2.32. The topological polar surface area (TPSA) is 79.7 Å². The van der Waals surface area contributed by atoms with Gasteiger partial charge in [0.15, 0.2) is 11.4 Å². The summed E-state index contributed by atoms with van der Waals surface area (Å²) in [4.78, 5) is 30.8. The summed E-state index contributed by atoms with van der Waals surface area (Å²) in [5.41, 5.74) is 2.70. The Morgan fingerprint density at radius 2 is 1.68 bits per heavy atom. The molecule has 0 saturated carbocycles. The number of aryl methyl sites for hydroxylation is 1. The van der Waals surface area contributed by atoms with Crippen molar-refractivity contribution in [3.05, 3.63) is 107 Å². The number of aromatic nitrogens is 2. The van der Waals surface area contributed by atoms with E-state index in [1.54, 1.807) is 12.1 Å². The molecule has 2 heterocycles. The minimum absolute atomic E-state index is 0.0237. The first kappa shape index (κ1) is 24.3. The molecule has 4 aromatic rings. The summed E-state index contributed by atoms with van der Waals surface area (Å²) >= 11 is 0. The molecule has 8 nitrogen and oxygen atoms in total. The van der Waals surface area contributed by atoms with Gasteiger partial charge < -0.3 is 19.9 Å². The van der Waals surface area contributed by atoms with E-state index in [9.17, 15) is 9.59 Å². The van der Waals surface area contributed by atoms with Crippen LogP contribution in [0.5, 0.6) is 11.5 Å². The molecule has 1 aliphatic heterocycles. The fraction of sp³-hybridized carbons (Fsp3) is 0.207. The van der Waals surface area contributed by atoms with Crippen molar-refractivity contribution in [1.82, 2.24) is 19.6 Å². The molecule has 1 amide bonds. The molecule has 0 spiro atoms. The highest BCUT2D eigenvalue weighted by Crippen LogP contribution is 2.29. The average Bonchev–Trinajstić information content (AvgIpc) is 2.91. The zero-order valence-corrected chi connectivity index (χ0v) is 20.9. The molecule has 8 heteroatoms. The number of benzene rings is 3. The van der Waals surface area contributed by atoms with Gasteiger partial charge in [-0.15, -0.1) is 0 Å². The Morgan fingerprint density at radius 1 is 0.919 bits per heavy atom. The first-order chi connectivity index (χ1) is 18.0. The minimum Gasteiger partial charge on any atom is -0.453 e. The van der Waals surface area contributed by atoms with Crippen LogP contribution in [0.4, 0.5) is 11.4 Å². The van der Waals surface area contributed by atoms with Gasteiger partial charge in [0.25, 0.3) is 11.5 Å². The maximum atomic E-state index is 13.6. The van der Waals surface area contributed by atoms with Gasteiger partial charge >= 0.3 is 0 Å². The maximum Gasteiger partial charge on any atom is 0.299 e. The van der Waals surface area contributed by atoms with Gasteiger partial charge in [-0.2, -0.15) is 9.78 Å². The van der Waals surface area contributed by atoms with Crippen molar-refractivity contribution in [3.63, 3.8) is 0 Å². The first-order valence-corrected chi connectivity index (χ1v) is 12.2. The lowest BCUT2D eigenvalue weighted by Crippen LogP contribution is -2.47. The van der Waals surface area contributed by atoms with Crippen molar-refractivity contribution in [3.8, 4) is 17.2 Å². The quantitative estimate of drug-likeness (QED) is 0.425. The second kappa shape index (κ2) is 10.7. The third kappa shape index (κ3) is 5.54. The third-order valence-electron chi connectivity index (χ3n) is 6.33. The molecular formula is C29H29N5O3. The Labute approximate surface area is 215 Å². The highest BCUT2D eigenvalue weighted by atomic mass is 16.5. The van der Waals surface area contributed by atoms with Crippen LogP contribution in [0.1, 0.15) is 15.9 Å². The van der Waals surface area contributed by atoms with Crippen LogP contribution < -0.4 is 15.6 Å². The highest BCUT2D eigenvalue weighted by molar-refractivity contribution is 5.95. The number of amides is 1. The third-order valence-corrected chi connectivity index (χ3v) is 6.33. The van der Waals surface area contributed by atoms with Crippen molar-refractivity contribution in [2.75, 3.05) is 38.5 Å². The van der Waals surface area contributed by atoms with Crippen molar-refractivity contribution in [2.24, 2.45) is 0 Å². The molecule has 1 aliphatic rings. The van der Waals surface area contributed by atoms with E-state index >= 15 is 0 Å². The second-order valence-electron chi connectivity index (χ2n) is 9.16. The number of likely N-dealkylation sites (N-methyl/N-ethyl adjacent to an activating group) is 1. The van der Waals surface area contributed by atoms with E-state index in [-0.39, 0.29) is 17.2 Å². The Bertz CT molecular complexity index is 1460. The molecule has 188 valence electrons. The summed E-state index contributed by atoms with van der Waals surface area (Å²) in [7, 11) is 2.06. The molecular weight excluding hydrogens is 466 g/mol. The number of para-hydroxylation sites is 1. The number of carbonyl (C=O) groups is 1. The van der Waals surface area contributed by atoms with Crippen LogP contribution in [0.3, 0.4) is 0 Å². The smallest absolute Gasteiger partial charge is 0.299 e. The molecule has 1 aromatic heterocycles. The standard InChI is InChI=1S/C29H29N5O3/c1-21-8-6-13-25(18-21)37-26-20-30-34(24-11-4-3-5-12-24)29(36)27(26)31-23-10-7-9-22(19-23)28(35)33-16-14-32(2)15-17-33/h3-13,18-20,31H,14-17H2,1-2H3. The molecule has 5 rings (SSSR count). The summed E-state index contributed by atoms with van der Waals surface area (Å²) < 4.78 is 7.42. The van der Waals surface area contributed by atoms with Crippen LogP contribution in [-0.2, 0) is 0 Å². The summed E-state index contributed by atoms with van der Waals surface area (Å²) in [5, 5.41) is 7.57. The molecule has 1 saturated heterocycles. The van der Waals surface area contributed by atoms with Crippen molar-refractivity contribution in [2.45, 2.75) is 6.92 Å². The van der Waals surface area contributed by atoms with E-state index in [2.05, 4.69) is 22.4 Å². The Morgan fingerprint density at radius 3 is 2.43 bits per heavy atom. The van der Waals surface area contributed by atoms with Crippen molar-refractivity contribution >= 4 is 17.3 Å². The van der Waals surface area contributed by atoms with Gasteiger partial charge in [-0.3, -0.25) is 9.59 Å². The van der Waals surface area contributed by atoms with E-state index in [1.807, 2.05) is 78.6 Å².